The minimum Gasteiger partial charge on any atom is -0.379 e. The molecule has 0 N–H and O–H groups in total. The highest BCUT2D eigenvalue weighted by Gasteiger charge is 2.23. The van der Waals surface area contributed by atoms with Gasteiger partial charge in [0.05, 0.1) is 29.4 Å². The molecule has 174 valence electrons. The van der Waals surface area contributed by atoms with Gasteiger partial charge in [0.2, 0.25) is 5.91 Å². The fourth-order valence-electron chi connectivity index (χ4n) is 3.97. The third kappa shape index (κ3) is 5.63. The first-order valence-corrected chi connectivity index (χ1v) is 12.2. The molecule has 3 aromatic rings. The number of carbonyl (C=O) groups is 1. The van der Waals surface area contributed by atoms with Gasteiger partial charge in [0, 0.05) is 38.9 Å². The van der Waals surface area contributed by atoms with Crippen molar-refractivity contribution in [3.8, 4) is 0 Å². The molecule has 33 heavy (non-hydrogen) atoms. The Balaban J connectivity index is 1.55. The molecule has 2 aromatic carbocycles. The zero-order valence-corrected chi connectivity index (χ0v) is 20.0. The van der Waals surface area contributed by atoms with E-state index in [1.807, 2.05) is 61.5 Å². The number of hydrogen-bond acceptors (Lipinski definition) is 6. The first-order chi connectivity index (χ1) is 16.0. The lowest BCUT2D eigenvalue weighted by Crippen LogP contribution is -2.37. The van der Waals surface area contributed by atoms with Crippen molar-refractivity contribution in [1.29, 1.82) is 0 Å². The first kappa shape index (κ1) is 23.5. The summed E-state index contributed by atoms with van der Waals surface area (Å²) < 4.78 is 7.16. The lowest BCUT2D eigenvalue weighted by atomic mass is 10.2. The van der Waals surface area contributed by atoms with Crippen LogP contribution in [0.25, 0.3) is 10.9 Å². The molecule has 1 amide bonds. The normalized spacial score (nSPS) is 15.5. The van der Waals surface area contributed by atoms with Crippen molar-refractivity contribution >= 4 is 34.3 Å². The van der Waals surface area contributed by atoms with Gasteiger partial charge < -0.3 is 9.64 Å². The topological polar surface area (TPSA) is 67.7 Å². The van der Waals surface area contributed by atoms with E-state index in [1.165, 1.54) is 11.8 Å². The molecule has 0 saturated carbocycles. The predicted octanol–water partition coefficient (Wildman–Crippen LogP) is 3.26. The molecule has 1 fully saturated rings. The average Bonchev–Trinajstić information content (AvgIpc) is 2.86. The van der Waals surface area contributed by atoms with Crippen LogP contribution in [0.1, 0.15) is 13.3 Å². The van der Waals surface area contributed by atoms with Crippen molar-refractivity contribution in [3.05, 3.63) is 65.0 Å². The van der Waals surface area contributed by atoms with Gasteiger partial charge in [-0.05, 0) is 37.6 Å². The summed E-state index contributed by atoms with van der Waals surface area (Å²) in [5, 5.41) is 0.797. The summed E-state index contributed by atoms with van der Waals surface area (Å²) in [5.41, 5.74) is 1.44. The highest BCUT2D eigenvalue weighted by Crippen LogP contribution is 2.25. The van der Waals surface area contributed by atoms with Crippen molar-refractivity contribution in [2.24, 2.45) is 0 Å². The number of ether oxygens (including phenoxy) is 1. The van der Waals surface area contributed by atoms with Gasteiger partial charge in [-0.15, -0.1) is 0 Å². The highest BCUT2D eigenvalue weighted by molar-refractivity contribution is 8.00. The van der Waals surface area contributed by atoms with Gasteiger partial charge in [-0.1, -0.05) is 42.1 Å². The van der Waals surface area contributed by atoms with Gasteiger partial charge in [-0.25, -0.2) is 4.98 Å². The van der Waals surface area contributed by atoms with E-state index in [0.29, 0.717) is 22.6 Å². The maximum atomic E-state index is 13.3. The Morgan fingerprint density at radius 3 is 2.55 bits per heavy atom. The van der Waals surface area contributed by atoms with Crippen LogP contribution in [0.4, 0.5) is 5.69 Å². The molecule has 1 aromatic heterocycles. The average molecular weight is 467 g/mol. The second-order valence-corrected chi connectivity index (χ2v) is 9.48. The Bertz CT molecular complexity index is 1150. The van der Waals surface area contributed by atoms with Crippen LogP contribution in [0, 0.1) is 0 Å². The number of hydrogen-bond donors (Lipinski definition) is 0. The SMILES string of the molecule is C[C@@H](Sc1nc2ccccc2c(=O)n1CCCN1CCOCC1)C(=O)N(C)c1ccccc1. The fourth-order valence-corrected chi connectivity index (χ4v) is 5.00. The minimum absolute atomic E-state index is 0.0338. The molecule has 0 bridgehead atoms. The summed E-state index contributed by atoms with van der Waals surface area (Å²) in [5.74, 6) is -0.0338. The molecule has 1 atom stereocenters. The fraction of sp³-hybridized carbons (Fsp3) is 0.400. The number of amides is 1. The molecule has 1 aliphatic rings. The number of morpholine rings is 1. The van der Waals surface area contributed by atoms with Crippen LogP contribution in [0.15, 0.2) is 64.5 Å². The lowest BCUT2D eigenvalue weighted by molar-refractivity contribution is -0.117. The van der Waals surface area contributed by atoms with E-state index in [9.17, 15) is 9.59 Å². The number of anilines is 1. The smallest absolute Gasteiger partial charge is 0.262 e. The van der Waals surface area contributed by atoms with Crippen molar-refractivity contribution in [2.45, 2.75) is 30.3 Å². The molecule has 2 heterocycles. The molecule has 1 aliphatic heterocycles. The molecule has 0 aliphatic carbocycles. The van der Waals surface area contributed by atoms with Gasteiger partial charge in [-0.2, -0.15) is 0 Å². The summed E-state index contributed by atoms with van der Waals surface area (Å²) in [6, 6.07) is 17.0. The van der Waals surface area contributed by atoms with Gasteiger partial charge in [0.15, 0.2) is 5.16 Å². The number of aromatic nitrogens is 2. The third-order valence-electron chi connectivity index (χ3n) is 5.89. The summed E-state index contributed by atoms with van der Waals surface area (Å²) >= 11 is 1.34. The lowest BCUT2D eigenvalue weighted by Gasteiger charge is -2.26. The maximum absolute atomic E-state index is 13.3. The molecule has 0 unspecified atom stereocenters. The zero-order valence-electron chi connectivity index (χ0n) is 19.1. The number of rotatable bonds is 8. The summed E-state index contributed by atoms with van der Waals surface area (Å²) in [4.78, 5) is 35.2. The van der Waals surface area contributed by atoms with E-state index in [0.717, 1.165) is 45.0 Å². The van der Waals surface area contributed by atoms with E-state index < -0.39 is 5.25 Å². The molecule has 0 radical (unpaired) electrons. The van der Waals surface area contributed by atoms with Crippen molar-refractivity contribution in [2.75, 3.05) is 44.8 Å². The van der Waals surface area contributed by atoms with Crippen LogP contribution in [0.3, 0.4) is 0 Å². The Morgan fingerprint density at radius 1 is 1.09 bits per heavy atom. The molecule has 4 rings (SSSR count). The van der Waals surface area contributed by atoms with Crippen LogP contribution >= 0.6 is 11.8 Å². The van der Waals surface area contributed by atoms with Crippen LogP contribution in [0.5, 0.6) is 0 Å². The van der Waals surface area contributed by atoms with E-state index in [4.69, 9.17) is 9.72 Å². The maximum Gasteiger partial charge on any atom is 0.262 e. The number of fused-ring (bicyclic) bond motifs is 1. The van der Waals surface area contributed by atoms with Crippen molar-refractivity contribution in [1.82, 2.24) is 14.5 Å². The predicted molar refractivity (Wildman–Crippen MR) is 133 cm³/mol. The summed E-state index contributed by atoms with van der Waals surface area (Å²) in [6.07, 6.45) is 0.833. The van der Waals surface area contributed by atoms with Gasteiger partial charge in [0.25, 0.3) is 5.56 Å². The van der Waals surface area contributed by atoms with Gasteiger partial charge in [-0.3, -0.25) is 19.1 Å². The van der Waals surface area contributed by atoms with Crippen LogP contribution in [-0.2, 0) is 16.1 Å². The Morgan fingerprint density at radius 2 is 1.79 bits per heavy atom. The minimum atomic E-state index is -0.395. The molecule has 1 saturated heterocycles. The largest absolute Gasteiger partial charge is 0.379 e. The van der Waals surface area contributed by atoms with Crippen LogP contribution in [-0.4, -0.2) is 65.5 Å². The molecule has 7 nitrogen and oxygen atoms in total. The van der Waals surface area contributed by atoms with Crippen LogP contribution in [0.2, 0.25) is 0 Å². The second-order valence-electron chi connectivity index (χ2n) is 8.17. The molecular formula is C25H30N4O3S. The van der Waals surface area contributed by atoms with Crippen molar-refractivity contribution in [3.63, 3.8) is 0 Å². The van der Waals surface area contributed by atoms with Gasteiger partial charge >= 0.3 is 0 Å². The number of carbonyl (C=O) groups excluding carboxylic acids is 1. The Labute approximate surface area is 198 Å². The van der Waals surface area contributed by atoms with E-state index >= 15 is 0 Å². The standard InChI is InChI=1S/C25H30N4O3S/c1-19(23(30)27(2)20-9-4-3-5-10-20)33-25-26-22-12-7-6-11-21(22)24(31)29(25)14-8-13-28-15-17-32-18-16-28/h3-7,9-12,19H,8,13-18H2,1-2H3/t19-/m1/s1. The van der Waals surface area contributed by atoms with Gasteiger partial charge in [0.1, 0.15) is 0 Å². The summed E-state index contributed by atoms with van der Waals surface area (Å²) in [6.45, 7) is 6.68. The molecule has 0 spiro atoms. The van der Waals surface area contributed by atoms with E-state index in [2.05, 4.69) is 4.90 Å². The van der Waals surface area contributed by atoms with Crippen molar-refractivity contribution < 1.29 is 9.53 Å². The number of thioether (sulfide) groups is 1. The van der Waals surface area contributed by atoms with Crippen LogP contribution < -0.4 is 10.5 Å². The number of para-hydroxylation sites is 2. The Hall–Kier alpha value is -2.68. The van der Waals surface area contributed by atoms with E-state index in [1.54, 1.807) is 16.5 Å². The highest BCUT2D eigenvalue weighted by atomic mass is 32.2. The monoisotopic (exact) mass is 466 g/mol. The number of nitrogens with zero attached hydrogens (tertiary/aromatic N) is 4. The molecular weight excluding hydrogens is 436 g/mol. The second kappa shape index (κ2) is 11.0. The number of benzene rings is 2. The first-order valence-electron chi connectivity index (χ1n) is 11.3. The van der Waals surface area contributed by atoms with E-state index in [-0.39, 0.29) is 11.5 Å². The molecule has 8 heteroatoms. The third-order valence-corrected chi connectivity index (χ3v) is 6.97. The summed E-state index contributed by atoms with van der Waals surface area (Å²) in [7, 11) is 1.78. The quantitative estimate of drug-likeness (QED) is 0.375. The zero-order chi connectivity index (χ0) is 23.2. The Kier molecular flexibility index (Phi) is 7.80.